The number of aromatic carboxylic acids is 1. The van der Waals surface area contributed by atoms with Gasteiger partial charge in [-0.2, -0.15) is 0 Å². The Morgan fingerprint density at radius 3 is 2.57 bits per heavy atom. The van der Waals surface area contributed by atoms with Crippen molar-refractivity contribution in [3.05, 3.63) is 27.3 Å². The fourth-order valence-electron chi connectivity index (χ4n) is 0.912. The quantitative estimate of drug-likeness (QED) is 0.515. The van der Waals surface area contributed by atoms with Gasteiger partial charge in [0.05, 0.1) is 0 Å². The van der Waals surface area contributed by atoms with E-state index in [9.17, 15) is 9.59 Å². The van der Waals surface area contributed by atoms with Crippen molar-refractivity contribution in [2.75, 3.05) is 0 Å². The lowest BCUT2D eigenvalue weighted by atomic mass is 10.2. The molecule has 0 aromatic heterocycles. The van der Waals surface area contributed by atoms with Crippen LogP contribution in [0.5, 0.6) is 5.75 Å². The summed E-state index contributed by atoms with van der Waals surface area (Å²) in [5.74, 6) is -1.57. The molecule has 0 unspecified atom stereocenters. The van der Waals surface area contributed by atoms with Gasteiger partial charge in [-0.15, -0.1) is 0 Å². The van der Waals surface area contributed by atoms with Crippen molar-refractivity contribution in [3.8, 4) is 5.75 Å². The third-order valence-electron chi connectivity index (χ3n) is 1.43. The average molecular weight is 306 g/mol. The Labute approximate surface area is 94.0 Å². The molecule has 1 rings (SSSR count). The summed E-state index contributed by atoms with van der Waals surface area (Å²) in [7, 11) is 0. The number of carbonyl (C=O) groups is 2. The van der Waals surface area contributed by atoms with Crippen LogP contribution in [0, 0.1) is 3.57 Å². The van der Waals surface area contributed by atoms with Crippen molar-refractivity contribution >= 4 is 34.5 Å². The van der Waals surface area contributed by atoms with E-state index >= 15 is 0 Å². The van der Waals surface area contributed by atoms with Gasteiger partial charge in [-0.05, 0) is 40.8 Å². The molecule has 0 fully saturated rings. The van der Waals surface area contributed by atoms with Crippen LogP contribution in [-0.4, -0.2) is 17.0 Å². The smallest absolute Gasteiger partial charge is 0.339 e. The molecule has 1 aromatic rings. The molecule has 0 aliphatic carbocycles. The van der Waals surface area contributed by atoms with Crippen LogP contribution in [0.1, 0.15) is 17.3 Å². The molecule has 0 saturated heterocycles. The SMILES string of the molecule is CC(=O)Oc1cc(I)ccc1C(=O)O. The van der Waals surface area contributed by atoms with E-state index in [1.165, 1.54) is 19.1 Å². The molecule has 14 heavy (non-hydrogen) atoms. The summed E-state index contributed by atoms with van der Waals surface area (Å²) in [5.41, 5.74) is -0.0133. The van der Waals surface area contributed by atoms with E-state index in [0.29, 0.717) is 0 Å². The van der Waals surface area contributed by atoms with Gasteiger partial charge in [-0.1, -0.05) is 0 Å². The third kappa shape index (κ3) is 2.69. The highest BCUT2D eigenvalue weighted by molar-refractivity contribution is 14.1. The van der Waals surface area contributed by atoms with Gasteiger partial charge in [-0.25, -0.2) is 4.79 Å². The zero-order chi connectivity index (χ0) is 10.7. The Hall–Kier alpha value is -1.11. The van der Waals surface area contributed by atoms with Gasteiger partial charge >= 0.3 is 11.9 Å². The van der Waals surface area contributed by atoms with Gasteiger partial charge < -0.3 is 9.84 Å². The number of esters is 1. The number of carboxylic acids is 1. The van der Waals surface area contributed by atoms with Crippen LogP contribution in [0.2, 0.25) is 0 Å². The molecule has 0 saturated carbocycles. The van der Waals surface area contributed by atoms with E-state index < -0.39 is 11.9 Å². The number of benzene rings is 1. The number of hydrogen-bond acceptors (Lipinski definition) is 3. The maximum Gasteiger partial charge on any atom is 0.339 e. The fraction of sp³-hybridized carbons (Fsp3) is 0.111. The first-order chi connectivity index (χ1) is 6.50. The molecule has 0 atom stereocenters. The molecule has 0 aliphatic rings. The largest absolute Gasteiger partial charge is 0.478 e. The summed E-state index contributed by atoms with van der Waals surface area (Å²) in [6.45, 7) is 1.23. The maximum atomic E-state index is 10.7. The van der Waals surface area contributed by atoms with E-state index in [1.54, 1.807) is 6.07 Å². The standard InChI is InChI=1S/C9H7IO4/c1-5(11)14-8-4-6(10)2-3-7(8)9(12)13/h2-4H,1H3,(H,12,13). The van der Waals surface area contributed by atoms with E-state index in [2.05, 4.69) is 0 Å². The Bertz CT molecular complexity index is 386. The predicted octanol–water partition coefficient (Wildman–Crippen LogP) is 1.91. The van der Waals surface area contributed by atoms with Crippen molar-refractivity contribution in [1.29, 1.82) is 0 Å². The zero-order valence-electron chi connectivity index (χ0n) is 7.28. The number of halogens is 1. The first kappa shape index (κ1) is 11.0. The molecule has 5 heteroatoms. The average Bonchev–Trinajstić information content (AvgIpc) is 2.01. The second kappa shape index (κ2) is 4.41. The lowest BCUT2D eigenvalue weighted by Gasteiger charge is -2.05. The summed E-state index contributed by atoms with van der Waals surface area (Å²) in [5, 5.41) is 8.78. The molecule has 0 spiro atoms. The van der Waals surface area contributed by atoms with Crippen LogP contribution in [0.25, 0.3) is 0 Å². The minimum atomic E-state index is -1.11. The van der Waals surface area contributed by atoms with Crippen LogP contribution >= 0.6 is 22.6 Å². The molecule has 1 aromatic carbocycles. The Morgan fingerprint density at radius 2 is 2.07 bits per heavy atom. The number of hydrogen-bond donors (Lipinski definition) is 1. The normalized spacial score (nSPS) is 9.57. The van der Waals surface area contributed by atoms with Crippen molar-refractivity contribution in [2.24, 2.45) is 0 Å². The molecule has 0 bridgehead atoms. The van der Waals surface area contributed by atoms with Crippen molar-refractivity contribution in [3.63, 3.8) is 0 Å². The molecule has 0 radical (unpaired) electrons. The molecule has 74 valence electrons. The van der Waals surface area contributed by atoms with Gasteiger partial charge in [0.25, 0.3) is 0 Å². The van der Waals surface area contributed by atoms with Crippen molar-refractivity contribution < 1.29 is 19.4 Å². The van der Waals surface area contributed by atoms with E-state index in [1.807, 2.05) is 22.6 Å². The summed E-state index contributed by atoms with van der Waals surface area (Å²) >= 11 is 2.01. The van der Waals surface area contributed by atoms with Crippen molar-refractivity contribution in [2.45, 2.75) is 6.92 Å². The van der Waals surface area contributed by atoms with Gasteiger partial charge in [0, 0.05) is 10.5 Å². The topological polar surface area (TPSA) is 63.6 Å². The minimum Gasteiger partial charge on any atom is -0.478 e. The van der Waals surface area contributed by atoms with E-state index in [0.717, 1.165) is 3.57 Å². The minimum absolute atomic E-state index is 0.0133. The zero-order valence-corrected chi connectivity index (χ0v) is 9.44. The molecular weight excluding hydrogens is 299 g/mol. The van der Waals surface area contributed by atoms with E-state index in [4.69, 9.17) is 9.84 Å². The van der Waals surface area contributed by atoms with Crippen LogP contribution < -0.4 is 4.74 Å². The van der Waals surface area contributed by atoms with Gasteiger partial charge in [-0.3, -0.25) is 4.79 Å². The number of rotatable bonds is 2. The summed E-state index contributed by atoms with van der Waals surface area (Å²) in [6, 6.07) is 4.55. The highest BCUT2D eigenvalue weighted by Crippen LogP contribution is 2.21. The van der Waals surface area contributed by atoms with Gasteiger partial charge in [0.2, 0.25) is 0 Å². The first-order valence-corrected chi connectivity index (χ1v) is 4.80. The van der Waals surface area contributed by atoms with Crippen LogP contribution in [0.3, 0.4) is 0 Å². The van der Waals surface area contributed by atoms with Crippen LogP contribution in [0.15, 0.2) is 18.2 Å². The molecule has 0 heterocycles. The number of carboxylic acid groups (broad SMARTS) is 1. The van der Waals surface area contributed by atoms with E-state index in [-0.39, 0.29) is 11.3 Å². The predicted molar refractivity (Wildman–Crippen MR) is 57.4 cm³/mol. The first-order valence-electron chi connectivity index (χ1n) is 3.72. The molecule has 0 aliphatic heterocycles. The highest BCUT2D eigenvalue weighted by Gasteiger charge is 2.12. The lowest BCUT2D eigenvalue weighted by Crippen LogP contribution is -2.07. The summed E-state index contributed by atoms with van der Waals surface area (Å²) in [6.07, 6.45) is 0. The monoisotopic (exact) mass is 306 g/mol. The molecule has 0 amide bonds. The number of carbonyl (C=O) groups excluding carboxylic acids is 1. The third-order valence-corrected chi connectivity index (χ3v) is 2.10. The molecule has 1 N–H and O–H groups in total. The second-order valence-corrected chi connectivity index (χ2v) is 3.78. The van der Waals surface area contributed by atoms with Crippen molar-refractivity contribution in [1.82, 2.24) is 0 Å². The Balaban J connectivity index is 3.15. The number of ether oxygens (including phenoxy) is 1. The van der Waals surface area contributed by atoms with Crippen LogP contribution in [0.4, 0.5) is 0 Å². The Kier molecular flexibility index (Phi) is 3.45. The molecule has 4 nitrogen and oxygen atoms in total. The van der Waals surface area contributed by atoms with Gasteiger partial charge in [0.1, 0.15) is 11.3 Å². The van der Waals surface area contributed by atoms with Crippen LogP contribution in [-0.2, 0) is 4.79 Å². The molecular formula is C9H7IO4. The van der Waals surface area contributed by atoms with Gasteiger partial charge in [0.15, 0.2) is 0 Å². The Morgan fingerprint density at radius 1 is 1.43 bits per heavy atom. The lowest BCUT2D eigenvalue weighted by molar-refractivity contribution is -0.131. The highest BCUT2D eigenvalue weighted by atomic mass is 127. The fourth-order valence-corrected chi connectivity index (χ4v) is 1.37. The summed E-state index contributed by atoms with van der Waals surface area (Å²) < 4.78 is 5.57. The maximum absolute atomic E-state index is 10.7. The second-order valence-electron chi connectivity index (χ2n) is 2.54. The summed E-state index contributed by atoms with van der Waals surface area (Å²) in [4.78, 5) is 21.4.